The van der Waals surface area contributed by atoms with Gasteiger partial charge in [-0.3, -0.25) is 0 Å². The van der Waals surface area contributed by atoms with Gasteiger partial charge >= 0.3 is 5.97 Å². The van der Waals surface area contributed by atoms with Gasteiger partial charge in [0.2, 0.25) is 0 Å². The van der Waals surface area contributed by atoms with E-state index in [0.717, 1.165) is 0 Å². The van der Waals surface area contributed by atoms with Crippen LogP contribution in [0.15, 0.2) is 23.4 Å². The zero-order valence-electron chi connectivity index (χ0n) is 9.68. The van der Waals surface area contributed by atoms with E-state index < -0.39 is 34.4 Å². The quantitative estimate of drug-likeness (QED) is 0.558. The molecule has 8 heteroatoms. The number of allylic oxidation sites excluding steroid dienone is 2. The number of nitriles is 3. The van der Waals surface area contributed by atoms with Crippen LogP contribution < -0.4 is 5.32 Å². The molecule has 1 aromatic carbocycles. The predicted molar refractivity (Wildman–Crippen MR) is 62.5 cm³/mol. The first kappa shape index (κ1) is 14.5. The number of rotatable bonds is 3. The lowest BCUT2D eigenvalue weighted by molar-refractivity contribution is 0.0697. The van der Waals surface area contributed by atoms with Crippen molar-refractivity contribution in [2.75, 3.05) is 5.32 Å². The third kappa shape index (κ3) is 2.81. The van der Waals surface area contributed by atoms with Gasteiger partial charge in [-0.2, -0.15) is 15.8 Å². The summed E-state index contributed by atoms with van der Waals surface area (Å²) in [6.45, 7) is 0. The van der Waals surface area contributed by atoms with E-state index in [4.69, 9.17) is 26.0 Å². The van der Waals surface area contributed by atoms with Crippen molar-refractivity contribution in [3.8, 4) is 24.0 Å². The molecule has 0 amide bonds. The van der Waals surface area contributed by atoms with E-state index in [0.29, 0.717) is 12.1 Å². The molecule has 0 spiro atoms. The molecule has 0 radical (unpaired) electrons. The monoisotopic (exact) mass is 272 g/mol. The molecule has 0 saturated carbocycles. The SMILES string of the molecule is N#CC(C#N)=C(C#N)Nc1cc(F)c(O)cc1C(=O)O. The van der Waals surface area contributed by atoms with Crippen LogP contribution >= 0.6 is 0 Å². The molecule has 0 saturated heterocycles. The smallest absolute Gasteiger partial charge is 0.337 e. The van der Waals surface area contributed by atoms with E-state index in [-0.39, 0.29) is 5.69 Å². The van der Waals surface area contributed by atoms with Gasteiger partial charge in [0.05, 0.1) is 11.3 Å². The fraction of sp³-hybridized carbons (Fsp3) is 0. The fourth-order valence-corrected chi connectivity index (χ4v) is 1.26. The molecule has 0 atom stereocenters. The molecule has 3 N–H and O–H groups in total. The molecule has 20 heavy (non-hydrogen) atoms. The molecule has 0 aliphatic heterocycles. The predicted octanol–water partition coefficient (Wildman–Crippen LogP) is 1.47. The number of halogens is 1. The van der Waals surface area contributed by atoms with Crippen LogP contribution in [0.4, 0.5) is 10.1 Å². The zero-order valence-corrected chi connectivity index (χ0v) is 9.68. The molecular formula is C12H5FN4O3. The number of phenols is 1. The summed E-state index contributed by atoms with van der Waals surface area (Å²) in [6.07, 6.45) is 0. The second-order valence-electron chi connectivity index (χ2n) is 3.36. The third-order valence-electron chi connectivity index (χ3n) is 2.16. The number of anilines is 1. The van der Waals surface area contributed by atoms with Gasteiger partial charge < -0.3 is 15.5 Å². The third-order valence-corrected chi connectivity index (χ3v) is 2.16. The minimum atomic E-state index is -1.49. The molecule has 0 aromatic heterocycles. The number of hydrogen-bond acceptors (Lipinski definition) is 6. The number of carboxylic acids is 1. The van der Waals surface area contributed by atoms with Crippen LogP contribution in [0.25, 0.3) is 0 Å². The molecule has 0 heterocycles. The molecular weight excluding hydrogens is 267 g/mol. The molecule has 98 valence electrons. The summed E-state index contributed by atoms with van der Waals surface area (Å²) in [4.78, 5) is 11.0. The Balaban J connectivity index is 3.43. The summed E-state index contributed by atoms with van der Waals surface area (Å²) in [7, 11) is 0. The number of nitrogens with zero attached hydrogens (tertiary/aromatic N) is 3. The summed E-state index contributed by atoms with van der Waals surface area (Å²) in [5.41, 5.74) is -2.00. The highest BCUT2D eigenvalue weighted by atomic mass is 19.1. The highest BCUT2D eigenvalue weighted by molar-refractivity contribution is 5.95. The first-order valence-corrected chi connectivity index (χ1v) is 4.92. The van der Waals surface area contributed by atoms with Crippen molar-refractivity contribution in [3.05, 3.63) is 34.8 Å². The average molecular weight is 272 g/mol. The van der Waals surface area contributed by atoms with Crippen molar-refractivity contribution in [2.45, 2.75) is 0 Å². The molecule has 0 aliphatic rings. The highest BCUT2D eigenvalue weighted by Gasteiger charge is 2.17. The van der Waals surface area contributed by atoms with Gasteiger partial charge in [-0.15, -0.1) is 0 Å². The molecule has 7 nitrogen and oxygen atoms in total. The Labute approximate surface area is 112 Å². The Morgan fingerprint density at radius 2 is 1.80 bits per heavy atom. The van der Waals surface area contributed by atoms with Gasteiger partial charge in [-0.1, -0.05) is 0 Å². The first-order valence-electron chi connectivity index (χ1n) is 4.92. The average Bonchev–Trinajstić information content (AvgIpc) is 2.42. The Kier molecular flexibility index (Phi) is 4.24. The van der Waals surface area contributed by atoms with E-state index in [1.54, 1.807) is 0 Å². The first-order chi connectivity index (χ1) is 9.44. The lowest BCUT2D eigenvalue weighted by Gasteiger charge is -2.09. The van der Waals surface area contributed by atoms with Crippen LogP contribution in [0.3, 0.4) is 0 Å². The molecule has 0 unspecified atom stereocenters. The lowest BCUT2D eigenvalue weighted by atomic mass is 10.1. The van der Waals surface area contributed by atoms with Crippen molar-refractivity contribution < 1.29 is 19.4 Å². The fourth-order valence-electron chi connectivity index (χ4n) is 1.26. The van der Waals surface area contributed by atoms with Crippen LogP contribution in [0, 0.1) is 39.8 Å². The maximum atomic E-state index is 13.2. The van der Waals surface area contributed by atoms with Crippen molar-refractivity contribution in [1.29, 1.82) is 15.8 Å². The van der Waals surface area contributed by atoms with E-state index >= 15 is 0 Å². The number of carboxylic acid groups (broad SMARTS) is 1. The summed E-state index contributed by atoms with van der Waals surface area (Å²) >= 11 is 0. The molecule has 0 fully saturated rings. The second kappa shape index (κ2) is 5.85. The standard InChI is InChI=1S/C12H5FN4O3/c13-8-2-9(7(12(19)20)1-11(8)18)17-10(5-16)6(3-14)4-15/h1-2,17-18H,(H,19,20). The number of nitrogens with one attached hydrogen (secondary N) is 1. The van der Waals surface area contributed by atoms with E-state index in [2.05, 4.69) is 5.32 Å². The van der Waals surface area contributed by atoms with Gasteiger partial charge in [0, 0.05) is 6.07 Å². The van der Waals surface area contributed by atoms with E-state index in [9.17, 15) is 9.18 Å². The molecule has 0 aliphatic carbocycles. The van der Waals surface area contributed by atoms with Gasteiger partial charge in [-0.05, 0) is 6.07 Å². The van der Waals surface area contributed by atoms with E-state index in [1.165, 1.54) is 18.2 Å². The Morgan fingerprint density at radius 1 is 1.20 bits per heavy atom. The minimum absolute atomic E-state index is 0.368. The summed E-state index contributed by atoms with van der Waals surface area (Å²) < 4.78 is 13.2. The lowest BCUT2D eigenvalue weighted by Crippen LogP contribution is -2.07. The number of aromatic hydroxyl groups is 1. The summed E-state index contributed by atoms with van der Waals surface area (Å²) in [6, 6.07) is 5.67. The Morgan fingerprint density at radius 3 is 2.25 bits per heavy atom. The largest absolute Gasteiger partial charge is 0.505 e. The second-order valence-corrected chi connectivity index (χ2v) is 3.36. The number of benzene rings is 1. The maximum absolute atomic E-state index is 13.2. The van der Waals surface area contributed by atoms with E-state index in [1.807, 2.05) is 0 Å². The topological polar surface area (TPSA) is 141 Å². The number of aromatic carboxylic acids is 1. The number of hydrogen-bond donors (Lipinski definition) is 3. The Bertz CT molecular complexity index is 719. The van der Waals surface area contributed by atoms with Gasteiger partial charge in [-0.25, -0.2) is 9.18 Å². The van der Waals surface area contributed by atoms with Crippen LogP contribution in [0.2, 0.25) is 0 Å². The van der Waals surface area contributed by atoms with Gasteiger partial charge in [0.1, 0.15) is 23.9 Å². The normalized spacial score (nSPS) is 8.70. The Hall–Kier alpha value is -3.57. The zero-order chi connectivity index (χ0) is 15.3. The van der Waals surface area contributed by atoms with Crippen molar-refractivity contribution in [2.24, 2.45) is 0 Å². The van der Waals surface area contributed by atoms with Crippen LogP contribution in [0.1, 0.15) is 10.4 Å². The van der Waals surface area contributed by atoms with Crippen molar-refractivity contribution in [1.82, 2.24) is 0 Å². The van der Waals surface area contributed by atoms with Crippen molar-refractivity contribution >= 4 is 11.7 Å². The molecule has 1 rings (SSSR count). The highest BCUT2D eigenvalue weighted by Crippen LogP contribution is 2.26. The minimum Gasteiger partial charge on any atom is -0.505 e. The number of phenolic OH excluding ortho intramolecular Hbond substituents is 1. The number of carbonyl (C=O) groups is 1. The van der Waals surface area contributed by atoms with Gasteiger partial charge in [0.15, 0.2) is 17.1 Å². The van der Waals surface area contributed by atoms with Crippen LogP contribution in [-0.4, -0.2) is 16.2 Å². The maximum Gasteiger partial charge on any atom is 0.337 e. The van der Waals surface area contributed by atoms with Gasteiger partial charge in [0.25, 0.3) is 0 Å². The summed E-state index contributed by atoms with van der Waals surface area (Å²) in [5, 5.41) is 46.3. The summed E-state index contributed by atoms with van der Waals surface area (Å²) in [5.74, 6) is -3.49. The van der Waals surface area contributed by atoms with Crippen LogP contribution in [-0.2, 0) is 0 Å². The van der Waals surface area contributed by atoms with Crippen molar-refractivity contribution in [3.63, 3.8) is 0 Å². The molecule has 0 bridgehead atoms. The van der Waals surface area contributed by atoms with Crippen LogP contribution in [0.5, 0.6) is 5.75 Å². The molecule has 1 aromatic rings.